The van der Waals surface area contributed by atoms with Crippen LogP contribution >= 0.6 is 0 Å². The molecule has 0 radical (unpaired) electrons. The van der Waals surface area contributed by atoms with E-state index in [0.717, 1.165) is 26.7 Å². The van der Waals surface area contributed by atoms with Crippen LogP contribution < -0.4 is 0 Å². The number of para-hydroxylation sites is 2. The van der Waals surface area contributed by atoms with E-state index in [1.54, 1.807) is 7.05 Å². The maximum atomic E-state index is 12.0. The van der Waals surface area contributed by atoms with Crippen LogP contribution in [0.15, 0.2) is 48.5 Å². The van der Waals surface area contributed by atoms with Crippen molar-refractivity contribution in [3.63, 3.8) is 0 Å². The van der Waals surface area contributed by atoms with Gasteiger partial charge in [0.15, 0.2) is 0 Å². The number of hydrogen-bond donors (Lipinski definition) is 1. The van der Waals surface area contributed by atoms with Crippen molar-refractivity contribution in [1.82, 2.24) is 14.4 Å². The van der Waals surface area contributed by atoms with E-state index in [4.69, 9.17) is 0 Å². The van der Waals surface area contributed by atoms with Crippen molar-refractivity contribution in [2.45, 2.75) is 12.6 Å². The number of carbonyl (C=O) groups excluding carboxylic acids is 2. The summed E-state index contributed by atoms with van der Waals surface area (Å²) < 4.78 is 2.05. The summed E-state index contributed by atoms with van der Waals surface area (Å²) in [6, 6.07) is 15.7. The SMILES string of the molecule is CN1CC(=O)N(C[C@H](O)Cn2c3ccccc3c3ccccc32)C1=O. The molecule has 6 heteroatoms. The third kappa shape index (κ3) is 2.55. The Hall–Kier alpha value is -2.86. The Kier molecular flexibility index (Phi) is 3.69. The number of urea groups is 1. The lowest BCUT2D eigenvalue weighted by atomic mass is 10.2. The van der Waals surface area contributed by atoms with E-state index in [9.17, 15) is 14.7 Å². The Labute approximate surface area is 144 Å². The van der Waals surface area contributed by atoms with Crippen molar-refractivity contribution >= 4 is 33.7 Å². The summed E-state index contributed by atoms with van der Waals surface area (Å²) in [5.41, 5.74) is 2.05. The molecule has 2 aromatic carbocycles. The van der Waals surface area contributed by atoms with Gasteiger partial charge in [0, 0.05) is 28.9 Å². The number of carbonyl (C=O) groups is 2. The average Bonchev–Trinajstić information content (AvgIpc) is 3.05. The third-order valence-electron chi connectivity index (χ3n) is 4.70. The second kappa shape index (κ2) is 5.89. The highest BCUT2D eigenvalue weighted by atomic mass is 16.3. The van der Waals surface area contributed by atoms with Crippen LogP contribution in [0.25, 0.3) is 21.8 Å². The Balaban J connectivity index is 1.66. The largest absolute Gasteiger partial charge is 0.389 e. The van der Waals surface area contributed by atoms with Crippen LogP contribution in [0.2, 0.25) is 0 Å². The van der Waals surface area contributed by atoms with Gasteiger partial charge in [-0.3, -0.25) is 9.69 Å². The summed E-state index contributed by atoms with van der Waals surface area (Å²) in [5.74, 6) is -0.270. The number of aliphatic hydroxyl groups excluding tert-OH is 1. The number of benzene rings is 2. The van der Waals surface area contributed by atoms with Crippen LogP contribution in [0.3, 0.4) is 0 Å². The third-order valence-corrected chi connectivity index (χ3v) is 4.70. The number of hydrogen-bond acceptors (Lipinski definition) is 3. The van der Waals surface area contributed by atoms with Gasteiger partial charge >= 0.3 is 6.03 Å². The summed E-state index contributed by atoms with van der Waals surface area (Å²) in [6.07, 6.45) is -0.835. The number of rotatable bonds is 4. The first kappa shape index (κ1) is 15.7. The predicted molar refractivity (Wildman–Crippen MR) is 95.2 cm³/mol. The van der Waals surface area contributed by atoms with Crippen LogP contribution in [0.4, 0.5) is 4.79 Å². The van der Waals surface area contributed by atoms with Crippen LogP contribution in [-0.4, -0.2) is 57.7 Å². The van der Waals surface area contributed by atoms with Crippen molar-refractivity contribution in [3.8, 4) is 0 Å². The minimum absolute atomic E-state index is 0.00282. The second-order valence-corrected chi connectivity index (χ2v) is 6.44. The molecule has 1 aliphatic heterocycles. The monoisotopic (exact) mass is 337 g/mol. The Morgan fingerprint density at radius 2 is 1.52 bits per heavy atom. The second-order valence-electron chi connectivity index (χ2n) is 6.44. The molecule has 1 atom stereocenters. The normalized spacial score (nSPS) is 16.4. The Morgan fingerprint density at radius 3 is 2.04 bits per heavy atom. The molecule has 6 nitrogen and oxygen atoms in total. The van der Waals surface area contributed by atoms with E-state index < -0.39 is 6.10 Å². The smallest absolute Gasteiger partial charge is 0.327 e. The summed E-state index contributed by atoms with van der Waals surface area (Å²) in [5, 5.41) is 12.8. The van der Waals surface area contributed by atoms with Crippen LogP contribution in [0, 0.1) is 0 Å². The first-order valence-electron chi connectivity index (χ1n) is 8.26. The quantitative estimate of drug-likeness (QED) is 0.741. The van der Waals surface area contributed by atoms with Gasteiger partial charge in [-0.05, 0) is 12.1 Å². The zero-order valence-electron chi connectivity index (χ0n) is 13.9. The number of nitrogens with zero attached hydrogens (tertiary/aromatic N) is 3. The molecule has 3 aromatic rings. The summed E-state index contributed by atoms with van der Waals surface area (Å²) >= 11 is 0. The van der Waals surface area contributed by atoms with Gasteiger partial charge < -0.3 is 14.6 Å². The summed E-state index contributed by atoms with van der Waals surface area (Å²) in [4.78, 5) is 26.4. The van der Waals surface area contributed by atoms with E-state index in [1.165, 1.54) is 4.90 Å². The molecule has 0 spiro atoms. The fourth-order valence-corrected chi connectivity index (χ4v) is 3.53. The molecule has 128 valence electrons. The van der Waals surface area contributed by atoms with E-state index in [-0.39, 0.29) is 25.0 Å². The van der Waals surface area contributed by atoms with Crippen LogP contribution in [0.5, 0.6) is 0 Å². The first-order chi connectivity index (χ1) is 12.1. The highest BCUT2D eigenvalue weighted by Crippen LogP contribution is 2.29. The topological polar surface area (TPSA) is 65.8 Å². The molecular formula is C19H19N3O3. The molecule has 4 rings (SSSR count). The molecule has 0 bridgehead atoms. The van der Waals surface area contributed by atoms with Gasteiger partial charge in [-0.2, -0.15) is 0 Å². The maximum absolute atomic E-state index is 12.0. The number of aliphatic hydroxyl groups is 1. The molecule has 1 aromatic heterocycles. The van der Waals surface area contributed by atoms with E-state index in [2.05, 4.69) is 12.1 Å². The lowest BCUT2D eigenvalue weighted by molar-refractivity contribution is -0.126. The standard InChI is InChI=1S/C19H19N3O3/c1-20-12-18(24)22(19(20)25)11-13(23)10-21-16-8-4-2-6-14(16)15-7-3-5-9-17(15)21/h2-9,13,23H,10-12H2,1H3/t13-/m1/s1. The lowest BCUT2D eigenvalue weighted by Crippen LogP contribution is -2.39. The molecule has 1 N–H and O–H groups in total. The van der Waals surface area contributed by atoms with Crippen molar-refractivity contribution in [3.05, 3.63) is 48.5 Å². The molecule has 0 saturated carbocycles. The predicted octanol–water partition coefficient (Wildman–Crippen LogP) is 2.05. The minimum atomic E-state index is -0.835. The Bertz CT molecular complexity index is 925. The Morgan fingerprint density at radius 1 is 0.960 bits per heavy atom. The molecule has 1 aliphatic rings. The fourth-order valence-electron chi connectivity index (χ4n) is 3.53. The number of amides is 3. The molecule has 3 amide bonds. The van der Waals surface area contributed by atoms with E-state index in [0.29, 0.717) is 6.54 Å². The van der Waals surface area contributed by atoms with Gasteiger partial charge in [0.1, 0.15) is 6.54 Å². The highest BCUT2D eigenvalue weighted by molar-refractivity contribution is 6.08. The van der Waals surface area contributed by atoms with Crippen LogP contribution in [0.1, 0.15) is 0 Å². The van der Waals surface area contributed by atoms with E-state index in [1.807, 2.05) is 41.0 Å². The number of β-amino-alcohol motifs (C(OH)–C–C–N with tert-alkyl or cyclic N) is 1. The highest BCUT2D eigenvalue weighted by Gasteiger charge is 2.34. The molecule has 0 aliphatic carbocycles. The van der Waals surface area contributed by atoms with Crippen molar-refractivity contribution in [2.75, 3.05) is 20.1 Å². The zero-order valence-corrected chi connectivity index (χ0v) is 13.9. The molecule has 0 unspecified atom stereocenters. The maximum Gasteiger partial charge on any atom is 0.327 e. The van der Waals surface area contributed by atoms with Crippen molar-refractivity contribution in [2.24, 2.45) is 0 Å². The summed E-state index contributed by atoms with van der Waals surface area (Å²) in [7, 11) is 1.58. The van der Waals surface area contributed by atoms with Gasteiger partial charge in [-0.1, -0.05) is 36.4 Å². The zero-order chi connectivity index (χ0) is 17.6. The first-order valence-corrected chi connectivity index (χ1v) is 8.26. The summed E-state index contributed by atoms with van der Waals surface area (Å²) in [6.45, 7) is 0.387. The van der Waals surface area contributed by atoms with Gasteiger partial charge in [0.2, 0.25) is 5.91 Å². The minimum Gasteiger partial charge on any atom is -0.389 e. The van der Waals surface area contributed by atoms with Crippen molar-refractivity contribution in [1.29, 1.82) is 0 Å². The van der Waals surface area contributed by atoms with Crippen LogP contribution in [-0.2, 0) is 11.3 Å². The molecular weight excluding hydrogens is 318 g/mol. The van der Waals surface area contributed by atoms with Gasteiger partial charge in [0.25, 0.3) is 0 Å². The molecule has 1 fully saturated rings. The van der Waals surface area contributed by atoms with Gasteiger partial charge in [-0.25, -0.2) is 4.79 Å². The number of aromatic nitrogens is 1. The molecule has 1 saturated heterocycles. The van der Waals surface area contributed by atoms with Gasteiger partial charge in [0.05, 0.1) is 19.2 Å². The fraction of sp³-hybridized carbons (Fsp3) is 0.263. The van der Waals surface area contributed by atoms with Gasteiger partial charge in [-0.15, -0.1) is 0 Å². The lowest BCUT2D eigenvalue weighted by Gasteiger charge is -2.19. The number of likely N-dealkylation sites (N-methyl/N-ethyl adjacent to an activating group) is 1. The number of fused-ring (bicyclic) bond motifs is 3. The molecule has 25 heavy (non-hydrogen) atoms. The van der Waals surface area contributed by atoms with Crippen molar-refractivity contribution < 1.29 is 14.7 Å². The number of imide groups is 1. The molecule has 2 heterocycles. The average molecular weight is 337 g/mol. The van der Waals surface area contributed by atoms with E-state index >= 15 is 0 Å².